The van der Waals surface area contributed by atoms with Crippen LogP contribution in [0.5, 0.6) is 11.5 Å². The molecule has 0 radical (unpaired) electrons. The second-order valence-electron chi connectivity index (χ2n) is 21.5. The molecule has 0 saturated heterocycles. The molecule has 0 spiro atoms. The maximum Gasteiger partial charge on any atom is 0.252 e. The Balaban J connectivity index is 0.973. The van der Waals surface area contributed by atoms with Crippen LogP contribution < -0.4 is 35.7 Å². The lowest BCUT2D eigenvalue weighted by Gasteiger charge is -2.45. The van der Waals surface area contributed by atoms with Crippen LogP contribution in [0, 0.1) is 6.92 Å². The second-order valence-corrected chi connectivity index (χ2v) is 21.5. The number of furan rings is 2. The highest BCUT2D eigenvalue weighted by Crippen LogP contribution is 2.52. The molecule has 0 aliphatic carbocycles. The molecular weight excluding hydrogens is 920 g/mol. The number of nitrogens with zero attached hydrogens (tertiary/aromatic N) is 2. The van der Waals surface area contributed by atoms with E-state index in [0.717, 1.165) is 140 Å². The van der Waals surface area contributed by atoms with Crippen LogP contribution in [0.15, 0.2) is 209 Å². The highest BCUT2D eigenvalue weighted by Gasteiger charge is 2.46. The summed E-state index contributed by atoms with van der Waals surface area (Å²) in [6.45, 7) is 10.1. The van der Waals surface area contributed by atoms with Gasteiger partial charge in [0.05, 0.1) is 24.6 Å². The normalized spacial score (nSPS) is 13.8. The molecule has 7 heteroatoms. The molecule has 360 valence electrons. The van der Waals surface area contributed by atoms with Gasteiger partial charge in [-0.1, -0.05) is 136 Å². The minimum Gasteiger partial charge on any atom is -0.489 e. The lowest BCUT2D eigenvalue weighted by atomic mass is 9.33. The minimum absolute atomic E-state index is 0.0733. The van der Waals surface area contributed by atoms with Gasteiger partial charge in [-0.25, -0.2) is 0 Å². The molecule has 12 aromatic rings. The minimum atomic E-state index is -0.163. The lowest BCUT2D eigenvalue weighted by molar-refractivity contribution is 0.297. The van der Waals surface area contributed by atoms with Crippen molar-refractivity contribution >= 4 is 101 Å². The molecule has 75 heavy (non-hydrogen) atoms. The molecule has 3 aliphatic heterocycles. The van der Waals surface area contributed by atoms with Crippen molar-refractivity contribution in [1.82, 2.24) is 0 Å². The molecule has 10 aromatic carbocycles. The summed E-state index contributed by atoms with van der Waals surface area (Å²) in [5.41, 5.74) is 22.8. The van der Waals surface area contributed by atoms with Crippen molar-refractivity contribution in [2.45, 2.75) is 39.5 Å². The number of aryl methyl sites for hydroxylation is 1. The Morgan fingerprint density at radius 1 is 0.440 bits per heavy atom. The van der Waals surface area contributed by atoms with Gasteiger partial charge in [-0.05, 0) is 153 Å². The largest absolute Gasteiger partial charge is 0.489 e. The molecule has 0 saturated carbocycles. The van der Waals surface area contributed by atoms with E-state index < -0.39 is 0 Å². The first-order chi connectivity index (χ1) is 36.7. The zero-order chi connectivity index (χ0) is 50.1. The zero-order valence-corrected chi connectivity index (χ0v) is 42.3. The summed E-state index contributed by atoms with van der Waals surface area (Å²) in [5, 5.41) is 4.49. The number of anilines is 6. The van der Waals surface area contributed by atoms with Crippen molar-refractivity contribution in [3.05, 3.63) is 211 Å². The Labute approximate surface area is 436 Å². The van der Waals surface area contributed by atoms with Crippen molar-refractivity contribution in [2.24, 2.45) is 0 Å². The summed E-state index contributed by atoms with van der Waals surface area (Å²) in [5.74, 6) is 1.55. The van der Waals surface area contributed by atoms with Gasteiger partial charge in [-0.15, -0.1) is 0 Å². The first kappa shape index (κ1) is 43.6. The predicted octanol–water partition coefficient (Wildman–Crippen LogP) is 16.3. The average Bonchev–Trinajstić information content (AvgIpc) is 3.90. The smallest absolute Gasteiger partial charge is 0.252 e. The van der Waals surface area contributed by atoms with Gasteiger partial charge in [-0.2, -0.15) is 0 Å². The van der Waals surface area contributed by atoms with Gasteiger partial charge < -0.3 is 28.1 Å². The fourth-order valence-electron chi connectivity index (χ4n) is 12.2. The van der Waals surface area contributed by atoms with Gasteiger partial charge in [0.25, 0.3) is 6.71 Å². The predicted molar refractivity (Wildman–Crippen MR) is 310 cm³/mol. The first-order valence-corrected chi connectivity index (χ1v) is 26.2. The van der Waals surface area contributed by atoms with Crippen LogP contribution >= 0.6 is 0 Å². The van der Waals surface area contributed by atoms with Gasteiger partial charge >= 0.3 is 0 Å². The number of hydrogen-bond donors (Lipinski definition) is 0. The van der Waals surface area contributed by atoms with Crippen molar-refractivity contribution < 1.29 is 18.3 Å². The van der Waals surface area contributed by atoms with Gasteiger partial charge in [0.1, 0.15) is 22.3 Å². The third-order valence-corrected chi connectivity index (χ3v) is 15.8. The maximum absolute atomic E-state index is 6.94. The second kappa shape index (κ2) is 16.5. The van der Waals surface area contributed by atoms with Gasteiger partial charge in [-0.3, -0.25) is 0 Å². The topological polar surface area (TPSA) is 51.2 Å². The van der Waals surface area contributed by atoms with Crippen molar-refractivity contribution in [3.63, 3.8) is 0 Å². The monoisotopic (exact) mass is 970 g/mol. The maximum atomic E-state index is 6.94. The van der Waals surface area contributed by atoms with Crippen LogP contribution in [0.4, 0.5) is 34.1 Å². The molecule has 0 amide bonds. The summed E-state index contributed by atoms with van der Waals surface area (Å²) in [4.78, 5) is 4.99. The summed E-state index contributed by atoms with van der Waals surface area (Å²) in [6, 6.07) is 73.0. The third kappa shape index (κ3) is 6.87. The molecule has 0 fully saturated rings. The van der Waals surface area contributed by atoms with E-state index in [4.69, 9.17) is 18.3 Å². The summed E-state index contributed by atoms with van der Waals surface area (Å²) >= 11 is 0. The summed E-state index contributed by atoms with van der Waals surface area (Å²) < 4.78 is 26.4. The van der Waals surface area contributed by atoms with Crippen molar-refractivity contribution in [2.75, 3.05) is 23.0 Å². The Hall–Kier alpha value is -8.94. The molecule has 2 aromatic heterocycles. The Morgan fingerprint density at radius 3 is 1.73 bits per heavy atom. The van der Waals surface area contributed by atoms with Crippen LogP contribution in [0.2, 0.25) is 0 Å². The molecule has 0 unspecified atom stereocenters. The highest BCUT2D eigenvalue weighted by atomic mass is 16.5. The van der Waals surface area contributed by atoms with Gasteiger partial charge in [0.2, 0.25) is 0 Å². The highest BCUT2D eigenvalue weighted by molar-refractivity contribution is 7.00. The molecule has 15 rings (SSSR count). The van der Waals surface area contributed by atoms with Crippen LogP contribution in [-0.2, 0) is 5.41 Å². The molecule has 0 atom stereocenters. The number of para-hydroxylation sites is 2. The van der Waals surface area contributed by atoms with E-state index in [-0.39, 0.29) is 12.1 Å². The van der Waals surface area contributed by atoms with Crippen molar-refractivity contribution in [1.29, 1.82) is 0 Å². The van der Waals surface area contributed by atoms with Crippen LogP contribution in [0.3, 0.4) is 0 Å². The Bertz CT molecular complexity index is 4300. The zero-order valence-electron chi connectivity index (χ0n) is 42.3. The van der Waals surface area contributed by atoms with E-state index in [1.165, 1.54) is 16.5 Å². The van der Waals surface area contributed by atoms with Gasteiger partial charge in [0, 0.05) is 56.3 Å². The fourth-order valence-corrected chi connectivity index (χ4v) is 12.2. The number of rotatable bonds is 5. The molecule has 0 bridgehead atoms. The third-order valence-electron chi connectivity index (χ3n) is 15.8. The number of fused-ring (bicyclic) bond motifs is 12. The number of benzene rings is 10. The van der Waals surface area contributed by atoms with E-state index in [1.807, 2.05) is 24.3 Å². The summed E-state index contributed by atoms with van der Waals surface area (Å²) in [7, 11) is 0. The molecular formula is C68H51BN2O4. The van der Waals surface area contributed by atoms with E-state index in [2.05, 4.69) is 213 Å². The quantitative estimate of drug-likeness (QED) is 0.160. The van der Waals surface area contributed by atoms with Crippen LogP contribution in [-0.4, -0.2) is 19.9 Å². The fraction of sp³-hybridized carbons (Fsp3) is 0.118. The number of ether oxygens (including phenoxy) is 2. The van der Waals surface area contributed by atoms with E-state index in [9.17, 15) is 0 Å². The molecule has 3 aliphatic rings. The van der Waals surface area contributed by atoms with E-state index in [1.54, 1.807) is 0 Å². The average molecular weight is 971 g/mol. The SMILES string of the molecule is Cc1cc2c3c(c1)N(c1ccc(C(C)(C)C)cc1-c1ccccc1)c1c(ccc4c1OCCCO4)B3c1cc(-c3ccc4c(c3)oc3ccccc34)ccc1N2c1ccc(-c2ccc3c(c2)oc2ccccc23)cc1. The molecule has 5 heterocycles. The van der Waals surface area contributed by atoms with Crippen molar-refractivity contribution in [3.8, 4) is 44.9 Å². The molecule has 0 N–H and O–H groups in total. The van der Waals surface area contributed by atoms with Gasteiger partial charge in [0.15, 0.2) is 11.5 Å². The Kier molecular flexibility index (Phi) is 9.62. The summed E-state index contributed by atoms with van der Waals surface area (Å²) in [6.07, 6.45) is 0.798. The van der Waals surface area contributed by atoms with E-state index in [0.29, 0.717) is 13.2 Å². The molecule has 6 nitrogen and oxygen atoms in total. The van der Waals surface area contributed by atoms with Crippen LogP contribution in [0.1, 0.15) is 38.3 Å². The van der Waals surface area contributed by atoms with Crippen LogP contribution in [0.25, 0.3) is 77.3 Å². The first-order valence-electron chi connectivity index (χ1n) is 26.2. The van der Waals surface area contributed by atoms with E-state index >= 15 is 0 Å². The Morgan fingerprint density at radius 2 is 1.03 bits per heavy atom. The standard InChI is InChI=1S/C68H51BN2O4/c1-41-35-58-65-59(36-41)71(56-31-24-47(68(2,3)4)40-53(56)43-13-6-5-7-14-43)66-54(29-32-62-67(66)73-34-12-33-72-62)69(65)55-37-44(46-22-28-52-50-16-9-11-18-61(50)75-64(52)39-46)23-30-57(55)70(58)48-25-19-42(20-26-48)45-21-27-51-49-15-8-10-17-60(49)74-63(51)38-45/h5-11,13-32,35-40H,12,33-34H2,1-4H3. The number of hydrogen-bond acceptors (Lipinski definition) is 6. The lowest BCUT2D eigenvalue weighted by Crippen LogP contribution is -2.61.